The molecule has 0 bridgehead atoms. The fourth-order valence-electron chi connectivity index (χ4n) is 2.74. The average molecular weight is 330 g/mol. The van der Waals surface area contributed by atoms with Crippen molar-refractivity contribution < 1.29 is 18.8 Å². The third-order valence-corrected chi connectivity index (χ3v) is 3.99. The molecule has 1 aromatic heterocycles. The molecule has 1 amide bonds. The molecule has 1 aliphatic rings. The number of ether oxygens (including phenoxy) is 2. The Morgan fingerprint density at radius 1 is 1.42 bits per heavy atom. The van der Waals surface area contributed by atoms with Gasteiger partial charge >= 0.3 is 0 Å². The molecule has 0 N–H and O–H groups in total. The summed E-state index contributed by atoms with van der Waals surface area (Å²) in [5.41, 5.74) is 1.26. The molecule has 2 heterocycles. The maximum atomic E-state index is 12.7. The van der Waals surface area contributed by atoms with E-state index in [9.17, 15) is 4.79 Å². The van der Waals surface area contributed by atoms with E-state index in [1.165, 1.54) is 0 Å². The van der Waals surface area contributed by atoms with Gasteiger partial charge in [-0.2, -0.15) is 0 Å². The predicted octanol–water partition coefficient (Wildman–Crippen LogP) is 2.81. The summed E-state index contributed by atoms with van der Waals surface area (Å²) in [5.74, 6) is 1.20. The molecule has 0 saturated carbocycles. The van der Waals surface area contributed by atoms with Crippen LogP contribution in [0.1, 0.15) is 34.7 Å². The van der Waals surface area contributed by atoms with E-state index in [1.807, 2.05) is 31.2 Å². The number of hydrogen-bond acceptors (Lipinski definition) is 5. The first-order valence-electron chi connectivity index (χ1n) is 8.14. The van der Waals surface area contributed by atoms with E-state index >= 15 is 0 Å². The quantitative estimate of drug-likeness (QED) is 0.815. The van der Waals surface area contributed by atoms with Gasteiger partial charge in [0.15, 0.2) is 0 Å². The van der Waals surface area contributed by atoms with Crippen LogP contribution in [0.25, 0.3) is 0 Å². The van der Waals surface area contributed by atoms with Gasteiger partial charge in [-0.1, -0.05) is 17.3 Å². The summed E-state index contributed by atoms with van der Waals surface area (Å²) in [4.78, 5) is 14.3. The van der Waals surface area contributed by atoms with Crippen molar-refractivity contribution in [3.63, 3.8) is 0 Å². The van der Waals surface area contributed by atoms with Crippen molar-refractivity contribution in [2.24, 2.45) is 0 Å². The standard InChI is InChI=1S/C18H22N2O4/c1-13-10-14(19-24-13)11-20(2)18(21)16-7-3-4-8-17(16)23-12-15-6-5-9-22-15/h3-4,7-8,10,15H,5-6,9,11-12H2,1-2H3. The van der Waals surface area contributed by atoms with Gasteiger partial charge in [-0.15, -0.1) is 0 Å². The highest BCUT2D eigenvalue weighted by Crippen LogP contribution is 2.22. The molecule has 1 saturated heterocycles. The second kappa shape index (κ2) is 7.49. The summed E-state index contributed by atoms with van der Waals surface area (Å²) in [6, 6.07) is 9.11. The molecule has 6 heteroatoms. The number of hydrogen-bond donors (Lipinski definition) is 0. The van der Waals surface area contributed by atoms with Gasteiger partial charge in [0.2, 0.25) is 0 Å². The van der Waals surface area contributed by atoms with Crippen LogP contribution in [-0.4, -0.2) is 42.3 Å². The summed E-state index contributed by atoms with van der Waals surface area (Å²) in [7, 11) is 1.74. The molecule has 6 nitrogen and oxygen atoms in total. The first-order valence-corrected chi connectivity index (χ1v) is 8.14. The summed E-state index contributed by atoms with van der Waals surface area (Å²) in [6.07, 6.45) is 2.18. The van der Waals surface area contributed by atoms with Crippen LogP contribution < -0.4 is 4.74 Å². The van der Waals surface area contributed by atoms with E-state index in [0.717, 1.165) is 30.9 Å². The maximum Gasteiger partial charge on any atom is 0.257 e. The van der Waals surface area contributed by atoms with Crippen LogP contribution in [0.5, 0.6) is 5.75 Å². The van der Waals surface area contributed by atoms with Crippen LogP contribution in [0.15, 0.2) is 34.9 Å². The summed E-state index contributed by atoms with van der Waals surface area (Å²) >= 11 is 0. The second-order valence-electron chi connectivity index (χ2n) is 6.03. The van der Waals surface area contributed by atoms with Crippen LogP contribution in [-0.2, 0) is 11.3 Å². The molecule has 0 spiro atoms. The minimum absolute atomic E-state index is 0.112. The first-order chi connectivity index (χ1) is 11.6. The molecule has 1 atom stereocenters. The van der Waals surface area contributed by atoms with Crippen molar-refractivity contribution in [2.75, 3.05) is 20.3 Å². The van der Waals surface area contributed by atoms with Crippen molar-refractivity contribution in [1.82, 2.24) is 10.1 Å². The van der Waals surface area contributed by atoms with Gasteiger partial charge in [0.05, 0.1) is 18.2 Å². The van der Waals surface area contributed by atoms with Gasteiger partial charge in [0, 0.05) is 19.7 Å². The molecule has 0 radical (unpaired) electrons. The Morgan fingerprint density at radius 3 is 2.96 bits per heavy atom. The third-order valence-electron chi connectivity index (χ3n) is 3.99. The zero-order valence-electron chi connectivity index (χ0n) is 14.0. The van der Waals surface area contributed by atoms with Gasteiger partial charge < -0.3 is 18.9 Å². The highest BCUT2D eigenvalue weighted by Gasteiger charge is 2.20. The second-order valence-corrected chi connectivity index (χ2v) is 6.03. The summed E-state index contributed by atoms with van der Waals surface area (Å²) in [5, 5.41) is 3.93. The minimum atomic E-state index is -0.112. The molecule has 1 aromatic carbocycles. The normalized spacial score (nSPS) is 17.0. The summed E-state index contributed by atoms with van der Waals surface area (Å²) < 4.78 is 16.4. The third kappa shape index (κ3) is 3.94. The number of aromatic nitrogens is 1. The zero-order chi connectivity index (χ0) is 16.9. The smallest absolute Gasteiger partial charge is 0.257 e. The molecule has 128 valence electrons. The van der Waals surface area contributed by atoms with Crippen LogP contribution in [0.2, 0.25) is 0 Å². The van der Waals surface area contributed by atoms with Gasteiger partial charge in [0.1, 0.15) is 23.8 Å². The molecule has 1 fully saturated rings. The van der Waals surface area contributed by atoms with Gasteiger partial charge in [-0.3, -0.25) is 4.79 Å². The van der Waals surface area contributed by atoms with E-state index in [1.54, 1.807) is 18.0 Å². The highest BCUT2D eigenvalue weighted by atomic mass is 16.5. The van der Waals surface area contributed by atoms with Crippen LogP contribution in [0.3, 0.4) is 0 Å². The summed E-state index contributed by atoms with van der Waals surface area (Å²) in [6.45, 7) is 3.47. The largest absolute Gasteiger partial charge is 0.490 e. The Morgan fingerprint density at radius 2 is 2.25 bits per heavy atom. The number of para-hydroxylation sites is 1. The molecular weight excluding hydrogens is 308 g/mol. The van der Waals surface area contributed by atoms with Crippen LogP contribution >= 0.6 is 0 Å². The zero-order valence-corrected chi connectivity index (χ0v) is 14.0. The van der Waals surface area contributed by atoms with Gasteiger partial charge in [-0.25, -0.2) is 0 Å². The van der Waals surface area contributed by atoms with Crippen molar-refractivity contribution >= 4 is 5.91 Å². The number of amides is 1. The van der Waals surface area contributed by atoms with E-state index in [4.69, 9.17) is 14.0 Å². The number of nitrogens with zero attached hydrogens (tertiary/aromatic N) is 2. The van der Waals surface area contributed by atoms with E-state index < -0.39 is 0 Å². The lowest BCUT2D eigenvalue weighted by Gasteiger charge is -2.19. The van der Waals surface area contributed by atoms with E-state index in [-0.39, 0.29) is 12.0 Å². The Bertz CT molecular complexity index is 692. The van der Waals surface area contributed by atoms with E-state index in [0.29, 0.717) is 24.5 Å². The fourth-order valence-corrected chi connectivity index (χ4v) is 2.74. The SMILES string of the molecule is Cc1cc(CN(C)C(=O)c2ccccc2OCC2CCCO2)no1. The lowest BCUT2D eigenvalue weighted by Crippen LogP contribution is -2.27. The fraction of sp³-hybridized carbons (Fsp3) is 0.444. The number of carbonyl (C=O) groups excluding carboxylic acids is 1. The van der Waals surface area contributed by atoms with Gasteiger partial charge in [0.25, 0.3) is 5.91 Å². The molecule has 2 aromatic rings. The molecule has 0 aliphatic carbocycles. The lowest BCUT2D eigenvalue weighted by atomic mass is 10.1. The highest BCUT2D eigenvalue weighted by molar-refractivity contribution is 5.96. The van der Waals surface area contributed by atoms with Crippen LogP contribution in [0.4, 0.5) is 0 Å². The number of rotatable bonds is 6. The Kier molecular flexibility index (Phi) is 5.15. The maximum absolute atomic E-state index is 12.7. The predicted molar refractivity (Wildman–Crippen MR) is 87.9 cm³/mol. The Hall–Kier alpha value is -2.34. The molecule has 3 rings (SSSR count). The number of benzene rings is 1. The average Bonchev–Trinajstić information content (AvgIpc) is 3.24. The van der Waals surface area contributed by atoms with Crippen LogP contribution in [0, 0.1) is 6.92 Å². The van der Waals surface area contributed by atoms with Crippen molar-refractivity contribution in [2.45, 2.75) is 32.4 Å². The lowest BCUT2D eigenvalue weighted by molar-refractivity contribution is 0.0656. The Balaban J connectivity index is 1.66. The van der Waals surface area contributed by atoms with Crippen molar-refractivity contribution in [3.05, 3.63) is 47.3 Å². The topological polar surface area (TPSA) is 64.8 Å². The number of carbonyl (C=O) groups is 1. The van der Waals surface area contributed by atoms with Gasteiger partial charge in [-0.05, 0) is 31.9 Å². The Labute approximate surface area is 141 Å². The monoisotopic (exact) mass is 330 g/mol. The molecular formula is C18H22N2O4. The van der Waals surface area contributed by atoms with Crippen molar-refractivity contribution in [3.8, 4) is 5.75 Å². The first kappa shape index (κ1) is 16.5. The van der Waals surface area contributed by atoms with E-state index in [2.05, 4.69) is 5.16 Å². The number of aryl methyl sites for hydroxylation is 1. The molecule has 24 heavy (non-hydrogen) atoms. The minimum Gasteiger partial charge on any atom is -0.490 e. The van der Waals surface area contributed by atoms with Crippen molar-refractivity contribution in [1.29, 1.82) is 0 Å². The molecule has 1 aliphatic heterocycles. The molecule has 1 unspecified atom stereocenters.